The van der Waals surface area contributed by atoms with Crippen LogP contribution in [0.3, 0.4) is 0 Å². The molecule has 0 bridgehead atoms. The van der Waals surface area contributed by atoms with Gasteiger partial charge in [0, 0.05) is 37.0 Å². The van der Waals surface area contributed by atoms with E-state index >= 15 is 0 Å². The van der Waals surface area contributed by atoms with Gasteiger partial charge in [-0.2, -0.15) is 0 Å². The highest BCUT2D eigenvalue weighted by molar-refractivity contribution is 7.18. The minimum atomic E-state index is 0.187. The van der Waals surface area contributed by atoms with Crippen molar-refractivity contribution in [2.75, 3.05) is 31.1 Å². The number of hydrogen-bond acceptors (Lipinski definition) is 5. The van der Waals surface area contributed by atoms with Crippen molar-refractivity contribution in [1.29, 1.82) is 0 Å². The van der Waals surface area contributed by atoms with Crippen LogP contribution in [-0.2, 0) is 4.79 Å². The maximum Gasteiger partial charge on any atom is 0.225 e. The van der Waals surface area contributed by atoms with Crippen LogP contribution >= 0.6 is 11.3 Å². The monoisotopic (exact) mass is 372 g/mol. The van der Waals surface area contributed by atoms with Crippen LogP contribution in [0.2, 0.25) is 0 Å². The third-order valence-corrected chi connectivity index (χ3v) is 7.12. The van der Waals surface area contributed by atoms with Gasteiger partial charge in [-0.15, -0.1) is 11.3 Å². The molecule has 2 aromatic heterocycles. The quantitative estimate of drug-likeness (QED) is 0.801. The van der Waals surface area contributed by atoms with Crippen LogP contribution in [-0.4, -0.2) is 47.0 Å². The van der Waals surface area contributed by atoms with Crippen molar-refractivity contribution in [3.8, 4) is 0 Å². The average molecular weight is 373 g/mol. The van der Waals surface area contributed by atoms with Crippen molar-refractivity contribution in [3.63, 3.8) is 0 Å². The van der Waals surface area contributed by atoms with Gasteiger partial charge in [0.25, 0.3) is 0 Å². The first-order valence-corrected chi connectivity index (χ1v) is 10.7. The van der Waals surface area contributed by atoms with Gasteiger partial charge in [0.2, 0.25) is 5.91 Å². The second-order valence-electron chi connectivity index (χ2n) is 7.66. The van der Waals surface area contributed by atoms with Crippen LogP contribution in [0.25, 0.3) is 10.2 Å². The molecule has 6 heteroatoms. The van der Waals surface area contributed by atoms with E-state index in [9.17, 15) is 4.79 Å². The fourth-order valence-electron chi connectivity index (χ4n) is 4.29. The molecule has 5 nitrogen and oxygen atoms in total. The maximum absolute atomic E-state index is 12.9. The van der Waals surface area contributed by atoms with Crippen molar-refractivity contribution in [2.24, 2.45) is 5.92 Å². The maximum atomic E-state index is 12.9. The van der Waals surface area contributed by atoms with Gasteiger partial charge in [0.15, 0.2) is 0 Å². The third kappa shape index (κ3) is 3.31. The van der Waals surface area contributed by atoms with Crippen molar-refractivity contribution in [3.05, 3.63) is 16.8 Å². The number of carbonyl (C=O) groups excluding carboxylic acids is 1. The van der Waals surface area contributed by atoms with Crippen molar-refractivity contribution < 1.29 is 4.79 Å². The Balaban J connectivity index is 1.46. The summed E-state index contributed by atoms with van der Waals surface area (Å²) in [7, 11) is 0. The van der Waals surface area contributed by atoms with E-state index in [2.05, 4.69) is 33.6 Å². The number of aromatic nitrogens is 2. The predicted octanol–water partition coefficient (Wildman–Crippen LogP) is 3.93. The standard InChI is InChI=1S/C20H28N4OS/c1-14-15(2)26-19-17(14)18(21-13-22-19)23-11-7-16(8-12-23)20(25)24-9-5-3-4-6-10-24/h13,16H,3-12H2,1-2H3. The molecule has 4 rings (SSSR count). The molecule has 0 radical (unpaired) electrons. The number of amides is 1. The lowest BCUT2D eigenvalue weighted by Crippen LogP contribution is -2.43. The minimum Gasteiger partial charge on any atom is -0.356 e. The molecule has 0 atom stereocenters. The number of aryl methyl sites for hydroxylation is 2. The first-order chi connectivity index (χ1) is 12.6. The Bertz CT molecular complexity index is 786. The topological polar surface area (TPSA) is 49.3 Å². The SMILES string of the molecule is Cc1sc2ncnc(N3CCC(C(=O)N4CCCCCC4)CC3)c2c1C. The predicted molar refractivity (Wildman–Crippen MR) is 107 cm³/mol. The van der Waals surface area contributed by atoms with Crippen molar-refractivity contribution >= 4 is 33.3 Å². The third-order valence-electron chi connectivity index (χ3n) is 6.01. The molecule has 140 valence electrons. The highest BCUT2D eigenvalue weighted by atomic mass is 32.1. The number of rotatable bonds is 2. The highest BCUT2D eigenvalue weighted by Gasteiger charge is 2.30. The summed E-state index contributed by atoms with van der Waals surface area (Å²) in [5.74, 6) is 1.63. The van der Waals surface area contributed by atoms with Gasteiger partial charge in [0.1, 0.15) is 17.0 Å². The molecule has 0 N–H and O–H groups in total. The number of carbonyl (C=O) groups is 1. The Morgan fingerprint density at radius 1 is 1.04 bits per heavy atom. The first kappa shape index (κ1) is 17.7. The number of anilines is 1. The minimum absolute atomic E-state index is 0.187. The Morgan fingerprint density at radius 2 is 1.73 bits per heavy atom. The molecule has 2 aromatic rings. The van der Waals surface area contributed by atoms with Gasteiger partial charge in [-0.25, -0.2) is 9.97 Å². The van der Waals surface area contributed by atoms with Gasteiger partial charge in [-0.1, -0.05) is 12.8 Å². The molecule has 0 aliphatic carbocycles. The number of thiophene rings is 1. The van der Waals surface area contributed by atoms with Crippen LogP contribution in [0.15, 0.2) is 6.33 Å². The van der Waals surface area contributed by atoms with Crippen LogP contribution in [0.4, 0.5) is 5.82 Å². The van der Waals surface area contributed by atoms with Gasteiger partial charge in [-0.05, 0) is 45.1 Å². The molecule has 0 unspecified atom stereocenters. The Morgan fingerprint density at radius 3 is 2.42 bits per heavy atom. The summed E-state index contributed by atoms with van der Waals surface area (Å²) >= 11 is 1.74. The van der Waals surface area contributed by atoms with Crippen LogP contribution in [0.1, 0.15) is 49.0 Å². The van der Waals surface area contributed by atoms with Gasteiger partial charge in [-0.3, -0.25) is 4.79 Å². The molecule has 26 heavy (non-hydrogen) atoms. The van der Waals surface area contributed by atoms with E-state index in [0.29, 0.717) is 5.91 Å². The van der Waals surface area contributed by atoms with E-state index in [1.807, 2.05) is 0 Å². The van der Waals surface area contributed by atoms with E-state index in [1.54, 1.807) is 17.7 Å². The Labute approximate surface area is 159 Å². The summed E-state index contributed by atoms with van der Waals surface area (Å²) in [5, 5.41) is 1.20. The molecule has 0 saturated carbocycles. The normalized spacial score (nSPS) is 19.8. The average Bonchev–Trinajstić information content (AvgIpc) is 2.85. The van der Waals surface area contributed by atoms with Crippen molar-refractivity contribution in [1.82, 2.24) is 14.9 Å². The second-order valence-corrected chi connectivity index (χ2v) is 8.86. The van der Waals surface area contributed by atoms with Crippen LogP contribution < -0.4 is 4.90 Å². The summed E-state index contributed by atoms with van der Waals surface area (Å²) in [4.78, 5) is 28.8. The molecule has 2 fully saturated rings. The molecular weight excluding hydrogens is 344 g/mol. The Kier molecular flexibility index (Phi) is 5.11. The summed E-state index contributed by atoms with van der Waals surface area (Å²) in [6.45, 7) is 8.04. The van der Waals surface area contributed by atoms with Crippen molar-refractivity contribution in [2.45, 2.75) is 52.4 Å². The number of piperidine rings is 1. The fraction of sp³-hybridized carbons (Fsp3) is 0.650. The van der Waals surface area contributed by atoms with E-state index in [1.165, 1.54) is 41.5 Å². The first-order valence-electron chi connectivity index (χ1n) is 9.89. The summed E-state index contributed by atoms with van der Waals surface area (Å²) in [6, 6.07) is 0. The number of fused-ring (bicyclic) bond motifs is 1. The zero-order valence-electron chi connectivity index (χ0n) is 15.8. The number of nitrogens with zero attached hydrogens (tertiary/aromatic N) is 4. The smallest absolute Gasteiger partial charge is 0.225 e. The molecule has 2 aliphatic heterocycles. The summed E-state index contributed by atoms with van der Waals surface area (Å²) in [6.07, 6.45) is 8.42. The fourth-order valence-corrected chi connectivity index (χ4v) is 5.28. The lowest BCUT2D eigenvalue weighted by Gasteiger charge is -2.35. The van der Waals surface area contributed by atoms with Gasteiger partial charge >= 0.3 is 0 Å². The van der Waals surface area contributed by atoms with E-state index in [0.717, 1.165) is 49.7 Å². The lowest BCUT2D eigenvalue weighted by molar-refractivity contribution is -0.136. The van der Waals surface area contributed by atoms with E-state index < -0.39 is 0 Å². The number of hydrogen-bond donors (Lipinski definition) is 0. The van der Waals surface area contributed by atoms with E-state index in [-0.39, 0.29) is 5.92 Å². The zero-order chi connectivity index (χ0) is 18.1. The van der Waals surface area contributed by atoms with Gasteiger partial charge < -0.3 is 9.80 Å². The van der Waals surface area contributed by atoms with E-state index in [4.69, 9.17) is 0 Å². The lowest BCUT2D eigenvalue weighted by atomic mass is 9.95. The van der Waals surface area contributed by atoms with Crippen LogP contribution in [0.5, 0.6) is 0 Å². The van der Waals surface area contributed by atoms with Gasteiger partial charge in [0.05, 0.1) is 5.39 Å². The molecule has 0 spiro atoms. The largest absolute Gasteiger partial charge is 0.356 e. The molecule has 1 amide bonds. The molecule has 2 aliphatic rings. The zero-order valence-corrected chi connectivity index (χ0v) is 16.6. The molecule has 2 saturated heterocycles. The second kappa shape index (κ2) is 7.51. The summed E-state index contributed by atoms with van der Waals surface area (Å²) in [5.41, 5.74) is 1.29. The van der Waals surface area contributed by atoms with Crippen LogP contribution in [0, 0.1) is 19.8 Å². The molecular formula is C20H28N4OS. The highest BCUT2D eigenvalue weighted by Crippen LogP contribution is 2.35. The Hall–Kier alpha value is -1.69. The molecule has 4 heterocycles. The molecule has 0 aromatic carbocycles. The number of likely N-dealkylation sites (tertiary alicyclic amines) is 1. The summed E-state index contributed by atoms with van der Waals surface area (Å²) < 4.78 is 0.